The minimum Gasteiger partial charge on any atom is -0.379 e. The molecule has 0 radical (unpaired) electrons. The molecule has 0 atom stereocenters. The zero-order valence-electron chi connectivity index (χ0n) is 16.2. The first-order chi connectivity index (χ1) is 12.4. The fraction of sp³-hybridized carbons (Fsp3) is 0.706. The summed E-state index contributed by atoms with van der Waals surface area (Å²) >= 11 is 1.30. The predicted octanol–water partition coefficient (Wildman–Crippen LogP) is 2.49. The highest BCUT2D eigenvalue weighted by Crippen LogP contribution is 2.25. The van der Waals surface area contributed by atoms with E-state index in [-0.39, 0.29) is 24.0 Å². The SMILES string of the molecule is CN=C(NCCCC(C)C)NCc1ccc(S(=O)(=O)N2CCOCC2)s1.I. The summed E-state index contributed by atoms with van der Waals surface area (Å²) in [6, 6.07) is 3.54. The van der Waals surface area contributed by atoms with Crippen molar-refractivity contribution in [2.75, 3.05) is 39.9 Å². The number of morpholine rings is 1. The lowest BCUT2D eigenvalue weighted by Gasteiger charge is -2.25. The van der Waals surface area contributed by atoms with Gasteiger partial charge in [-0.15, -0.1) is 35.3 Å². The number of guanidine groups is 1. The summed E-state index contributed by atoms with van der Waals surface area (Å²) in [7, 11) is -1.68. The fourth-order valence-corrected chi connectivity index (χ4v) is 5.47. The lowest BCUT2D eigenvalue weighted by atomic mass is 10.1. The van der Waals surface area contributed by atoms with E-state index in [2.05, 4.69) is 29.5 Å². The molecule has 0 amide bonds. The molecule has 0 aliphatic carbocycles. The second-order valence-electron chi connectivity index (χ2n) is 6.63. The van der Waals surface area contributed by atoms with Crippen LogP contribution in [0.25, 0.3) is 0 Å². The first kappa shape index (κ1) is 24.6. The Morgan fingerprint density at radius 2 is 2.00 bits per heavy atom. The molecule has 10 heteroatoms. The fourth-order valence-electron chi connectivity index (χ4n) is 2.61. The van der Waals surface area contributed by atoms with Crippen LogP contribution in [0.4, 0.5) is 0 Å². The number of nitrogens with one attached hydrogen (secondary N) is 2. The highest BCUT2D eigenvalue weighted by molar-refractivity contribution is 14.0. The van der Waals surface area contributed by atoms with Crippen LogP contribution in [0, 0.1) is 5.92 Å². The van der Waals surface area contributed by atoms with Gasteiger partial charge in [-0.3, -0.25) is 4.99 Å². The Labute approximate surface area is 184 Å². The number of nitrogens with zero attached hydrogens (tertiary/aromatic N) is 2. The molecule has 1 aromatic heterocycles. The molecule has 0 spiro atoms. The van der Waals surface area contributed by atoms with Crippen molar-refractivity contribution in [1.82, 2.24) is 14.9 Å². The van der Waals surface area contributed by atoms with Crippen molar-refractivity contribution < 1.29 is 13.2 Å². The summed E-state index contributed by atoms with van der Waals surface area (Å²) in [5, 5.41) is 6.53. The van der Waals surface area contributed by atoms with Gasteiger partial charge in [0.2, 0.25) is 0 Å². The van der Waals surface area contributed by atoms with Gasteiger partial charge in [0, 0.05) is 31.6 Å². The Morgan fingerprint density at radius 1 is 1.30 bits per heavy atom. The second-order valence-corrected chi connectivity index (χ2v) is 9.96. The third-order valence-corrected chi connectivity index (χ3v) is 7.56. The van der Waals surface area contributed by atoms with Crippen LogP contribution in [0.3, 0.4) is 0 Å². The predicted molar refractivity (Wildman–Crippen MR) is 122 cm³/mol. The minimum absolute atomic E-state index is 0. The van der Waals surface area contributed by atoms with Gasteiger partial charge in [0.25, 0.3) is 10.0 Å². The van der Waals surface area contributed by atoms with Crippen LogP contribution < -0.4 is 10.6 Å². The van der Waals surface area contributed by atoms with E-state index in [1.54, 1.807) is 13.1 Å². The van der Waals surface area contributed by atoms with Crippen LogP contribution in [0.5, 0.6) is 0 Å². The molecule has 1 saturated heterocycles. The van der Waals surface area contributed by atoms with Crippen molar-refractivity contribution in [3.05, 3.63) is 17.0 Å². The third-order valence-electron chi connectivity index (χ3n) is 4.11. The van der Waals surface area contributed by atoms with Gasteiger partial charge >= 0.3 is 0 Å². The number of halogens is 1. The van der Waals surface area contributed by atoms with E-state index in [1.807, 2.05) is 6.07 Å². The van der Waals surface area contributed by atoms with Crippen molar-refractivity contribution in [3.8, 4) is 0 Å². The average Bonchev–Trinajstić information content (AvgIpc) is 3.11. The smallest absolute Gasteiger partial charge is 0.252 e. The van der Waals surface area contributed by atoms with Crippen molar-refractivity contribution in [1.29, 1.82) is 0 Å². The molecule has 27 heavy (non-hydrogen) atoms. The summed E-state index contributed by atoms with van der Waals surface area (Å²) in [6.07, 6.45) is 2.27. The van der Waals surface area contributed by atoms with Crippen molar-refractivity contribution in [2.24, 2.45) is 10.9 Å². The molecule has 0 bridgehead atoms. The van der Waals surface area contributed by atoms with Gasteiger partial charge in [0.15, 0.2) is 5.96 Å². The Kier molecular flexibility index (Phi) is 11.1. The van der Waals surface area contributed by atoms with E-state index in [1.165, 1.54) is 22.1 Å². The summed E-state index contributed by atoms with van der Waals surface area (Å²) in [4.78, 5) is 5.17. The lowest BCUT2D eigenvalue weighted by Crippen LogP contribution is -2.40. The number of hydrogen-bond acceptors (Lipinski definition) is 5. The van der Waals surface area contributed by atoms with Crippen LogP contribution in [-0.4, -0.2) is 58.6 Å². The van der Waals surface area contributed by atoms with Gasteiger partial charge in [0.1, 0.15) is 4.21 Å². The largest absolute Gasteiger partial charge is 0.379 e. The first-order valence-corrected chi connectivity index (χ1v) is 11.3. The van der Waals surface area contributed by atoms with Crippen LogP contribution >= 0.6 is 35.3 Å². The molecule has 1 aromatic rings. The summed E-state index contributed by atoms with van der Waals surface area (Å²) in [5.41, 5.74) is 0. The van der Waals surface area contributed by atoms with Gasteiger partial charge in [0.05, 0.1) is 19.8 Å². The first-order valence-electron chi connectivity index (χ1n) is 9.04. The number of hydrogen-bond donors (Lipinski definition) is 2. The van der Waals surface area contributed by atoms with Crippen LogP contribution in [0.15, 0.2) is 21.3 Å². The maximum Gasteiger partial charge on any atom is 0.252 e. The molecule has 0 saturated carbocycles. The van der Waals surface area contributed by atoms with Gasteiger partial charge in [-0.1, -0.05) is 13.8 Å². The number of aliphatic imine (C=N–C) groups is 1. The lowest BCUT2D eigenvalue weighted by molar-refractivity contribution is 0.0731. The molecule has 1 aliphatic rings. The minimum atomic E-state index is -3.41. The molecule has 0 aromatic carbocycles. The maximum atomic E-state index is 12.6. The maximum absolute atomic E-state index is 12.6. The van der Waals surface area contributed by atoms with Gasteiger partial charge in [-0.25, -0.2) is 8.42 Å². The quantitative estimate of drug-likeness (QED) is 0.234. The van der Waals surface area contributed by atoms with Gasteiger partial charge in [-0.2, -0.15) is 4.31 Å². The highest BCUT2D eigenvalue weighted by Gasteiger charge is 2.27. The molecule has 156 valence electrons. The van der Waals surface area contributed by atoms with E-state index < -0.39 is 10.0 Å². The van der Waals surface area contributed by atoms with Gasteiger partial charge < -0.3 is 15.4 Å². The Morgan fingerprint density at radius 3 is 2.63 bits per heavy atom. The Hall–Kier alpha value is -0.430. The zero-order valence-corrected chi connectivity index (χ0v) is 20.2. The molecule has 1 aliphatic heterocycles. The van der Waals surface area contributed by atoms with Gasteiger partial charge in [-0.05, 0) is 30.9 Å². The molecule has 0 unspecified atom stereocenters. The number of thiophene rings is 1. The Balaban J connectivity index is 0.00000364. The number of sulfonamides is 1. The van der Waals surface area contributed by atoms with E-state index >= 15 is 0 Å². The molecule has 2 rings (SSSR count). The third kappa shape index (κ3) is 7.84. The molecular formula is C17H31IN4O3S2. The standard InChI is InChI=1S/C17H30N4O3S2.HI/c1-14(2)5-4-8-19-17(18-3)20-13-15-6-7-16(25-15)26(22,23)21-9-11-24-12-10-21;/h6-7,14H,4-5,8-13H2,1-3H3,(H2,18,19,20);1H. The van der Waals surface area contributed by atoms with Crippen LogP contribution in [0.1, 0.15) is 31.6 Å². The van der Waals surface area contributed by atoms with Crippen molar-refractivity contribution >= 4 is 51.3 Å². The van der Waals surface area contributed by atoms with Crippen LogP contribution in [0.2, 0.25) is 0 Å². The molecule has 2 N–H and O–H groups in total. The highest BCUT2D eigenvalue weighted by atomic mass is 127. The second kappa shape index (κ2) is 12.2. The normalized spacial score (nSPS) is 16.2. The molecular weight excluding hydrogens is 499 g/mol. The van der Waals surface area contributed by atoms with E-state index in [9.17, 15) is 8.42 Å². The monoisotopic (exact) mass is 530 g/mol. The van der Waals surface area contributed by atoms with Crippen LogP contribution in [-0.2, 0) is 21.3 Å². The number of ether oxygens (including phenoxy) is 1. The summed E-state index contributed by atoms with van der Waals surface area (Å²) in [6.45, 7) is 7.60. The topological polar surface area (TPSA) is 83.0 Å². The molecule has 7 nitrogen and oxygen atoms in total. The molecule has 1 fully saturated rings. The molecule has 2 heterocycles. The summed E-state index contributed by atoms with van der Waals surface area (Å²) in [5.74, 6) is 1.43. The average molecular weight is 530 g/mol. The van der Waals surface area contributed by atoms with Crippen molar-refractivity contribution in [2.45, 2.75) is 37.4 Å². The zero-order chi connectivity index (χ0) is 19.0. The van der Waals surface area contributed by atoms with E-state index in [0.29, 0.717) is 43.0 Å². The van der Waals surface area contributed by atoms with E-state index in [4.69, 9.17) is 4.74 Å². The Bertz CT molecular complexity index is 686. The summed E-state index contributed by atoms with van der Waals surface area (Å²) < 4.78 is 32.4. The number of rotatable bonds is 8. The van der Waals surface area contributed by atoms with E-state index in [0.717, 1.165) is 23.8 Å². The van der Waals surface area contributed by atoms with Crippen molar-refractivity contribution in [3.63, 3.8) is 0 Å².